The average molecular weight is 410 g/mol. The maximum atomic E-state index is 12.9. The maximum Gasteiger partial charge on any atom is 0.262 e. The molecule has 0 radical (unpaired) electrons. The highest BCUT2D eigenvalue weighted by atomic mass is 32.2. The second kappa shape index (κ2) is 8.36. The zero-order valence-electron chi connectivity index (χ0n) is 16.4. The van der Waals surface area contributed by atoms with Gasteiger partial charge in [0, 0.05) is 23.0 Å². The van der Waals surface area contributed by atoms with E-state index in [0.717, 1.165) is 5.56 Å². The number of hydrogen-bond acceptors (Lipinski definition) is 4. The van der Waals surface area contributed by atoms with Crippen LogP contribution in [0.4, 0.5) is 11.4 Å². The van der Waals surface area contributed by atoms with Crippen molar-refractivity contribution in [3.8, 4) is 5.75 Å². The Morgan fingerprint density at radius 1 is 0.897 bits per heavy atom. The van der Waals surface area contributed by atoms with Gasteiger partial charge in [-0.2, -0.15) is 0 Å². The van der Waals surface area contributed by atoms with Crippen LogP contribution in [0.5, 0.6) is 5.75 Å². The lowest BCUT2D eigenvalue weighted by molar-refractivity contribution is 0.102. The van der Waals surface area contributed by atoms with Crippen molar-refractivity contribution in [3.05, 3.63) is 83.4 Å². The third kappa shape index (κ3) is 4.94. The number of methoxy groups -OCH3 is 1. The number of carbonyl (C=O) groups excluding carboxylic acids is 1. The molecule has 0 saturated heterocycles. The first kappa shape index (κ1) is 20.4. The quantitative estimate of drug-likeness (QED) is 0.632. The van der Waals surface area contributed by atoms with Crippen molar-refractivity contribution in [2.45, 2.75) is 18.7 Å². The molecule has 6 nitrogen and oxygen atoms in total. The molecule has 3 aromatic carbocycles. The van der Waals surface area contributed by atoms with Gasteiger partial charge in [-0.05, 0) is 61.4 Å². The summed E-state index contributed by atoms with van der Waals surface area (Å²) in [4.78, 5) is 12.7. The molecule has 3 rings (SSSR count). The van der Waals surface area contributed by atoms with E-state index in [-0.39, 0.29) is 10.5 Å². The van der Waals surface area contributed by atoms with Crippen LogP contribution in [0.3, 0.4) is 0 Å². The fourth-order valence-electron chi connectivity index (χ4n) is 2.85. The van der Waals surface area contributed by atoms with Gasteiger partial charge in [-0.25, -0.2) is 8.42 Å². The number of ether oxygens (including phenoxy) is 1. The van der Waals surface area contributed by atoms with Crippen LogP contribution in [-0.2, 0) is 10.0 Å². The van der Waals surface area contributed by atoms with Gasteiger partial charge >= 0.3 is 0 Å². The van der Waals surface area contributed by atoms with Crippen LogP contribution < -0.4 is 14.8 Å². The molecule has 0 aliphatic heterocycles. The maximum absolute atomic E-state index is 12.9. The molecular formula is C22H22N2O4S. The second-order valence-electron chi connectivity index (χ2n) is 6.64. The number of benzene rings is 3. The highest BCUT2D eigenvalue weighted by molar-refractivity contribution is 7.92. The third-order valence-corrected chi connectivity index (χ3v) is 5.86. The van der Waals surface area contributed by atoms with E-state index in [4.69, 9.17) is 4.74 Å². The van der Waals surface area contributed by atoms with Crippen LogP contribution in [0.25, 0.3) is 0 Å². The molecule has 3 aromatic rings. The number of nitrogens with one attached hydrogen (secondary N) is 2. The molecule has 1 amide bonds. The van der Waals surface area contributed by atoms with Gasteiger partial charge in [0.05, 0.1) is 12.0 Å². The van der Waals surface area contributed by atoms with Crippen LogP contribution >= 0.6 is 0 Å². The molecule has 0 saturated carbocycles. The van der Waals surface area contributed by atoms with E-state index in [1.165, 1.54) is 6.07 Å². The van der Waals surface area contributed by atoms with Gasteiger partial charge in [0.15, 0.2) is 0 Å². The number of anilines is 2. The van der Waals surface area contributed by atoms with Crippen molar-refractivity contribution in [1.29, 1.82) is 0 Å². The Morgan fingerprint density at radius 3 is 2.34 bits per heavy atom. The van der Waals surface area contributed by atoms with Crippen LogP contribution in [0, 0.1) is 13.8 Å². The molecule has 0 aromatic heterocycles. The SMILES string of the molecule is COc1cccc(NC(=O)c2ccc(C)c(S(=O)(=O)Nc3cccc(C)c3)c2)c1. The number of hydrogen-bond donors (Lipinski definition) is 2. The Bertz CT molecular complexity index is 1160. The van der Waals surface area contributed by atoms with E-state index >= 15 is 0 Å². The Hall–Kier alpha value is -3.32. The van der Waals surface area contributed by atoms with Crippen LogP contribution in [0.15, 0.2) is 71.6 Å². The monoisotopic (exact) mass is 410 g/mol. The number of amides is 1. The van der Waals surface area contributed by atoms with Gasteiger partial charge in [0.25, 0.3) is 15.9 Å². The molecule has 0 unspecified atom stereocenters. The van der Waals surface area contributed by atoms with Gasteiger partial charge in [-0.1, -0.05) is 24.3 Å². The number of sulfonamides is 1. The van der Waals surface area contributed by atoms with E-state index in [1.54, 1.807) is 68.6 Å². The second-order valence-corrected chi connectivity index (χ2v) is 8.29. The molecule has 0 spiro atoms. The Morgan fingerprint density at radius 2 is 1.62 bits per heavy atom. The summed E-state index contributed by atoms with van der Waals surface area (Å²) in [5.74, 6) is 0.197. The summed E-state index contributed by atoms with van der Waals surface area (Å²) < 4.78 is 33.5. The van der Waals surface area contributed by atoms with Crippen molar-refractivity contribution >= 4 is 27.3 Å². The summed E-state index contributed by atoms with van der Waals surface area (Å²) >= 11 is 0. The Labute approximate surface area is 170 Å². The molecule has 0 heterocycles. The van der Waals surface area contributed by atoms with Crippen LogP contribution in [-0.4, -0.2) is 21.4 Å². The fourth-order valence-corrected chi connectivity index (χ4v) is 4.17. The van der Waals surface area contributed by atoms with Crippen molar-refractivity contribution in [2.75, 3.05) is 17.1 Å². The van der Waals surface area contributed by atoms with Gasteiger partial charge in [0.2, 0.25) is 0 Å². The van der Waals surface area contributed by atoms with Crippen molar-refractivity contribution < 1.29 is 17.9 Å². The van der Waals surface area contributed by atoms with Crippen molar-refractivity contribution in [3.63, 3.8) is 0 Å². The van der Waals surface area contributed by atoms with Gasteiger partial charge in [-0.3, -0.25) is 9.52 Å². The Kier molecular flexibility index (Phi) is 5.89. The lowest BCUT2D eigenvalue weighted by Gasteiger charge is -2.13. The molecule has 150 valence electrons. The standard InChI is InChI=1S/C22H22N2O4S/c1-15-6-4-8-19(12-15)24-29(26,27)21-13-17(11-10-16(21)2)22(25)23-18-7-5-9-20(14-18)28-3/h4-14,24H,1-3H3,(H,23,25). The zero-order valence-corrected chi connectivity index (χ0v) is 17.2. The molecule has 0 aliphatic rings. The third-order valence-electron chi connectivity index (χ3n) is 4.34. The van der Waals surface area contributed by atoms with E-state index < -0.39 is 15.9 Å². The van der Waals surface area contributed by atoms with E-state index in [2.05, 4.69) is 10.0 Å². The Balaban J connectivity index is 1.87. The molecule has 7 heteroatoms. The minimum atomic E-state index is -3.85. The normalized spacial score (nSPS) is 11.0. The molecule has 0 bridgehead atoms. The number of aryl methyl sites for hydroxylation is 2. The van der Waals surface area contributed by atoms with Crippen molar-refractivity contribution in [1.82, 2.24) is 0 Å². The minimum absolute atomic E-state index is 0.0531. The number of rotatable bonds is 6. The summed E-state index contributed by atoms with van der Waals surface area (Å²) in [6.45, 7) is 3.57. The molecular weight excluding hydrogens is 388 g/mol. The molecule has 0 aliphatic carbocycles. The lowest BCUT2D eigenvalue weighted by Crippen LogP contribution is -2.17. The summed E-state index contributed by atoms with van der Waals surface area (Å²) in [6, 6.07) is 18.6. The summed E-state index contributed by atoms with van der Waals surface area (Å²) in [5, 5.41) is 2.75. The van der Waals surface area contributed by atoms with Gasteiger partial charge < -0.3 is 10.1 Å². The topological polar surface area (TPSA) is 84.5 Å². The first-order valence-electron chi connectivity index (χ1n) is 8.94. The fraction of sp³-hybridized carbons (Fsp3) is 0.136. The first-order chi connectivity index (χ1) is 13.8. The smallest absolute Gasteiger partial charge is 0.262 e. The largest absolute Gasteiger partial charge is 0.497 e. The van der Waals surface area contributed by atoms with Crippen LogP contribution in [0.2, 0.25) is 0 Å². The molecule has 2 N–H and O–H groups in total. The van der Waals surface area contributed by atoms with Crippen molar-refractivity contribution in [2.24, 2.45) is 0 Å². The highest BCUT2D eigenvalue weighted by Crippen LogP contribution is 2.23. The van der Waals surface area contributed by atoms with Gasteiger partial charge in [-0.15, -0.1) is 0 Å². The van der Waals surface area contributed by atoms with Crippen LogP contribution in [0.1, 0.15) is 21.5 Å². The van der Waals surface area contributed by atoms with E-state index in [1.807, 2.05) is 13.0 Å². The lowest BCUT2D eigenvalue weighted by atomic mass is 10.1. The predicted molar refractivity (Wildman–Crippen MR) is 114 cm³/mol. The van der Waals surface area contributed by atoms with E-state index in [0.29, 0.717) is 22.7 Å². The summed E-state index contributed by atoms with van der Waals surface area (Å²) in [6.07, 6.45) is 0. The predicted octanol–water partition coefficient (Wildman–Crippen LogP) is 4.37. The minimum Gasteiger partial charge on any atom is -0.497 e. The highest BCUT2D eigenvalue weighted by Gasteiger charge is 2.19. The summed E-state index contributed by atoms with van der Waals surface area (Å²) in [7, 11) is -2.31. The first-order valence-corrected chi connectivity index (χ1v) is 10.4. The molecule has 0 fully saturated rings. The summed E-state index contributed by atoms with van der Waals surface area (Å²) in [5.41, 5.74) is 2.74. The molecule has 0 atom stereocenters. The average Bonchev–Trinajstić information content (AvgIpc) is 2.68. The zero-order chi connectivity index (χ0) is 21.0. The van der Waals surface area contributed by atoms with Gasteiger partial charge in [0.1, 0.15) is 5.75 Å². The number of carbonyl (C=O) groups is 1. The molecule has 29 heavy (non-hydrogen) atoms. The van der Waals surface area contributed by atoms with E-state index in [9.17, 15) is 13.2 Å².